The van der Waals surface area contributed by atoms with Crippen LogP contribution in [-0.4, -0.2) is 29.7 Å². The zero-order valence-electron chi connectivity index (χ0n) is 18.3. The van der Waals surface area contributed by atoms with Crippen LogP contribution in [0.3, 0.4) is 0 Å². The first-order valence-electron chi connectivity index (χ1n) is 10.9. The Balaban J connectivity index is 1.59. The highest BCUT2D eigenvalue weighted by atomic mass is 16.2. The van der Waals surface area contributed by atoms with Gasteiger partial charge < -0.3 is 9.69 Å². The summed E-state index contributed by atoms with van der Waals surface area (Å²) in [6.07, 6.45) is 6.18. The van der Waals surface area contributed by atoms with Gasteiger partial charge in [0.2, 0.25) is 0 Å². The number of carbonyl (C=O) groups is 2. The molecule has 0 aliphatic heterocycles. The molecule has 1 aliphatic rings. The van der Waals surface area contributed by atoms with Crippen LogP contribution in [0.2, 0.25) is 0 Å². The van der Waals surface area contributed by atoms with E-state index in [4.69, 9.17) is 0 Å². The number of amides is 1. The Bertz CT molecular complexity index is 926. The minimum atomic E-state index is 0.0935. The van der Waals surface area contributed by atoms with Gasteiger partial charge in [-0.25, -0.2) is 0 Å². The van der Waals surface area contributed by atoms with Crippen LogP contribution in [0.5, 0.6) is 0 Å². The second kappa shape index (κ2) is 10.3. The predicted molar refractivity (Wildman–Crippen MR) is 121 cm³/mol. The number of hydrogen-bond acceptors (Lipinski definition) is 2. The number of carbonyl (C=O) groups excluding carboxylic acids is 2. The summed E-state index contributed by atoms with van der Waals surface area (Å²) in [5.41, 5.74) is 3.80. The second-order valence-corrected chi connectivity index (χ2v) is 8.59. The molecule has 0 spiro atoms. The smallest absolute Gasteiger partial charge is 0.253 e. The van der Waals surface area contributed by atoms with Crippen LogP contribution in [0, 0.1) is 17.8 Å². The van der Waals surface area contributed by atoms with Gasteiger partial charge in [0.25, 0.3) is 5.91 Å². The Labute approximate surface area is 180 Å². The summed E-state index contributed by atoms with van der Waals surface area (Å²) in [5, 5.41) is 0. The van der Waals surface area contributed by atoms with Crippen molar-refractivity contribution in [1.82, 2.24) is 4.90 Å². The van der Waals surface area contributed by atoms with Crippen molar-refractivity contribution in [2.24, 2.45) is 5.92 Å². The van der Waals surface area contributed by atoms with Crippen LogP contribution in [0.1, 0.15) is 73.0 Å². The van der Waals surface area contributed by atoms with Crippen molar-refractivity contribution in [2.45, 2.75) is 58.4 Å². The van der Waals surface area contributed by atoms with E-state index in [0.29, 0.717) is 18.4 Å². The van der Waals surface area contributed by atoms with E-state index in [0.717, 1.165) is 36.0 Å². The van der Waals surface area contributed by atoms with Crippen molar-refractivity contribution in [2.75, 3.05) is 7.05 Å². The van der Waals surface area contributed by atoms with Crippen LogP contribution >= 0.6 is 0 Å². The molecule has 30 heavy (non-hydrogen) atoms. The third kappa shape index (κ3) is 6.07. The maximum atomic E-state index is 12.7. The topological polar surface area (TPSA) is 37.4 Å². The summed E-state index contributed by atoms with van der Waals surface area (Å²) in [5.74, 6) is 7.06. The van der Waals surface area contributed by atoms with Crippen molar-refractivity contribution in [3.63, 3.8) is 0 Å². The van der Waals surface area contributed by atoms with Crippen LogP contribution in [0.4, 0.5) is 0 Å². The number of Topliss-reactive ketones (excluding diaryl/α,β-unsaturated/α-hetero) is 1. The highest BCUT2D eigenvalue weighted by molar-refractivity contribution is 5.94. The molecule has 0 saturated heterocycles. The molecule has 0 aromatic heterocycles. The molecule has 3 heteroatoms. The lowest BCUT2D eigenvalue weighted by molar-refractivity contribution is -0.117. The molecule has 156 valence electrons. The normalized spacial score (nSPS) is 14.6. The lowest BCUT2D eigenvalue weighted by Gasteiger charge is -2.24. The minimum Gasteiger partial charge on any atom is -0.339 e. The maximum absolute atomic E-state index is 12.7. The van der Waals surface area contributed by atoms with E-state index >= 15 is 0 Å². The molecule has 2 aromatic rings. The standard InChI is InChI=1S/C27H31NO2/c1-20(18-21(2)29)19-24-12-10-22(11-13-24)8-9-23-14-16-25(17-15-23)27(30)28(3)26-6-4-5-7-26/h10-17,20,26H,4-7,18-19H2,1-3H3. The molecule has 1 amide bonds. The van der Waals surface area contributed by atoms with Crippen LogP contribution < -0.4 is 0 Å². The summed E-state index contributed by atoms with van der Waals surface area (Å²) in [4.78, 5) is 25.8. The van der Waals surface area contributed by atoms with Crippen LogP contribution in [0.15, 0.2) is 48.5 Å². The zero-order valence-corrected chi connectivity index (χ0v) is 18.3. The van der Waals surface area contributed by atoms with Crippen molar-refractivity contribution >= 4 is 11.7 Å². The molecule has 0 heterocycles. The molecule has 1 saturated carbocycles. The predicted octanol–water partition coefficient (Wildman–Crippen LogP) is 5.26. The Hall–Kier alpha value is -2.86. The third-order valence-corrected chi connectivity index (χ3v) is 5.85. The summed E-state index contributed by atoms with van der Waals surface area (Å²) in [6, 6.07) is 16.2. The van der Waals surface area contributed by atoms with Crippen molar-refractivity contribution < 1.29 is 9.59 Å². The van der Waals surface area contributed by atoms with E-state index in [-0.39, 0.29) is 11.7 Å². The highest BCUT2D eigenvalue weighted by Crippen LogP contribution is 2.23. The monoisotopic (exact) mass is 401 g/mol. The van der Waals surface area contributed by atoms with Gasteiger partial charge in [0.05, 0.1) is 0 Å². The number of ketones is 1. The Morgan fingerprint density at radius 1 is 0.967 bits per heavy atom. The highest BCUT2D eigenvalue weighted by Gasteiger charge is 2.23. The molecule has 0 bridgehead atoms. The van der Waals surface area contributed by atoms with Crippen LogP contribution in [0.25, 0.3) is 0 Å². The number of nitrogens with zero attached hydrogens (tertiary/aromatic N) is 1. The van der Waals surface area contributed by atoms with E-state index in [1.54, 1.807) is 6.92 Å². The Morgan fingerprint density at radius 2 is 1.50 bits per heavy atom. The molecule has 1 atom stereocenters. The summed E-state index contributed by atoms with van der Waals surface area (Å²) in [7, 11) is 1.91. The van der Waals surface area contributed by atoms with Gasteiger partial charge in [0.15, 0.2) is 0 Å². The van der Waals surface area contributed by atoms with Crippen molar-refractivity contribution in [3.05, 3.63) is 70.8 Å². The molecule has 3 rings (SSSR count). The Morgan fingerprint density at radius 3 is 2.03 bits per heavy atom. The minimum absolute atomic E-state index is 0.0935. The van der Waals surface area contributed by atoms with Crippen molar-refractivity contribution in [3.8, 4) is 11.8 Å². The molecule has 2 aromatic carbocycles. The molecule has 1 aliphatic carbocycles. The summed E-state index contributed by atoms with van der Waals surface area (Å²) < 4.78 is 0. The first-order chi connectivity index (χ1) is 14.4. The number of hydrogen-bond donors (Lipinski definition) is 0. The van der Waals surface area contributed by atoms with E-state index in [2.05, 4.69) is 30.9 Å². The van der Waals surface area contributed by atoms with Gasteiger partial charge in [-0.05, 0) is 74.1 Å². The second-order valence-electron chi connectivity index (χ2n) is 8.59. The number of benzene rings is 2. The van der Waals surface area contributed by atoms with E-state index < -0.39 is 0 Å². The average Bonchev–Trinajstić information content (AvgIpc) is 3.27. The fourth-order valence-electron chi connectivity index (χ4n) is 4.19. The van der Waals surface area contributed by atoms with Crippen LogP contribution in [-0.2, 0) is 11.2 Å². The van der Waals surface area contributed by atoms with Gasteiger partial charge in [0, 0.05) is 36.2 Å². The van der Waals surface area contributed by atoms with Gasteiger partial charge >= 0.3 is 0 Å². The van der Waals surface area contributed by atoms with E-state index in [9.17, 15) is 9.59 Å². The maximum Gasteiger partial charge on any atom is 0.253 e. The van der Waals surface area contributed by atoms with Gasteiger partial charge in [-0.1, -0.05) is 43.7 Å². The van der Waals surface area contributed by atoms with Gasteiger partial charge in [-0.2, -0.15) is 0 Å². The Kier molecular flexibility index (Phi) is 7.46. The molecule has 0 radical (unpaired) electrons. The van der Waals surface area contributed by atoms with Gasteiger partial charge in [-0.3, -0.25) is 4.79 Å². The lowest BCUT2D eigenvalue weighted by Crippen LogP contribution is -2.35. The molecule has 1 fully saturated rings. The first-order valence-corrected chi connectivity index (χ1v) is 10.9. The molecule has 3 nitrogen and oxygen atoms in total. The van der Waals surface area contributed by atoms with Gasteiger partial charge in [0.1, 0.15) is 5.78 Å². The molecule has 0 N–H and O–H groups in total. The first kappa shape index (κ1) is 21.8. The SMILES string of the molecule is CC(=O)CC(C)Cc1ccc(C#Cc2ccc(C(=O)N(C)C3CCCC3)cc2)cc1. The average molecular weight is 402 g/mol. The molecular weight excluding hydrogens is 370 g/mol. The summed E-state index contributed by atoms with van der Waals surface area (Å²) >= 11 is 0. The number of rotatable bonds is 6. The van der Waals surface area contributed by atoms with E-state index in [1.807, 2.05) is 48.3 Å². The zero-order chi connectivity index (χ0) is 21.5. The third-order valence-electron chi connectivity index (χ3n) is 5.85. The fourth-order valence-corrected chi connectivity index (χ4v) is 4.19. The molecule has 1 unspecified atom stereocenters. The quantitative estimate of drug-likeness (QED) is 0.619. The fraction of sp³-hybridized carbons (Fsp3) is 0.407. The van der Waals surface area contributed by atoms with Crippen molar-refractivity contribution in [1.29, 1.82) is 0 Å². The summed E-state index contributed by atoms with van der Waals surface area (Å²) in [6.45, 7) is 3.75. The lowest BCUT2D eigenvalue weighted by atomic mass is 9.96. The molecular formula is C27H31NO2. The van der Waals surface area contributed by atoms with E-state index in [1.165, 1.54) is 18.4 Å². The largest absolute Gasteiger partial charge is 0.339 e. The van der Waals surface area contributed by atoms with Gasteiger partial charge in [-0.15, -0.1) is 0 Å².